The molecule has 4 heterocycles. The van der Waals surface area contributed by atoms with Gasteiger partial charge >= 0.3 is 0 Å². The normalized spacial score (nSPS) is 11.0. The number of nitrogens with one attached hydrogen (secondary N) is 1. The third kappa shape index (κ3) is 4.53. The lowest BCUT2D eigenvalue weighted by molar-refractivity contribution is 0.0749. The summed E-state index contributed by atoms with van der Waals surface area (Å²) in [5.41, 5.74) is 3.26. The summed E-state index contributed by atoms with van der Waals surface area (Å²) in [6.07, 6.45) is 5.50. The van der Waals surface area contributed by atoms with Gasteiger partial charge in [-0.15, -0.1) is 0 Å². The number of nitrogens with zero attached hydrogens (tertiary/aromatic N) is 5. The Bertz CT molecular complexity index is 1400. The summed E-state index contributed by atoms with van der Waals surface area (Å²) in [6.45, 7) is 3.71. The molecule has 170 valence electrons. The van der Waals surface area contributed by atoms with Crippen LogP contribution in [0.1, 0.15) is 28.7 Å². The van der Waals surface area contributed by atoms with Gasteiger partial charge in [0.15, 0.2) is 16.6 Å². The van der Waals surface area contributed by atoms with Gasteiger partial charge in [-0.1, -0.05) is 53.8 Å². The van der Waals surface area contributed by atoms with Crippen molar-refractivity contribution in [3.8, 4) is 10.7 Å². The molecule has 0 spiro atoms. The molecule has 4 aromatic heterocycles. The van der Waals surface area contributed by atoms with E-state index in [-0.39, 0.29) is 5.91 Å². The third-order valence-corrected chi connectivity index (χ3v) is 6.46. The minimum absolute atomic E-state index is 0.0840. The van der Waals surface area contributed by atoms with Crippen molar-refractivity contribution in [2.24, 2.45) is 0 Å². The summed E-state index contributed by atoms with van der Waals surface area (Å²) in [7, 11) is 0. The van der Waals surface area contributed by atoms with E-state index in [1.165, 1.54) is 11.3 Å². The second kappa shape index (κ2) is 9.84. The molecule has 0 fully saturated rings. The van der Waals surface area contributed by atoms with Gasteiger partial charge in [-0.2, -0.15) is 0 Å². The largest absolute Gasteiger partial charge is 0.356 e. The lowest BCUT2D eigenvalue weighted by Crippen LogP contribution is -2.30. The van der Waals surface area contributed by atoms with Crippen molar-refractivity contribution in [1.29, 1.82) is 0 Å². The second-order valence-corrected chi connectivity index (χ2v) is 8.78. The summed E-state index contributed by atoms with van der Waals surface area (Å²) in [6, 6.07) is 21.6. The smallest absolute Gasteiger partial charge is 0.275 e. The number of carbonyl (C=O) groups excluding carboxylic acids is 1. The molecule has 0 aliphatic carbocycles. The van der Waals surface area contributed by atoms with Gasteiger partial charge in [0.25, 0.3) is 5.91 Å². The number of benzene rings is 1. The Balaban J connectivity index is 1.43. The highest BCUT2D eigenvalue weighted by atomic mass is 32.1. The molecule has 0 saturated carbocycles. The number of rotatable bonds is 8. The maximum atomic E-state index is 13.5. The van der Waals surface area contributed by atoms with E-state index in [4.69, 9.17) is 4.98 Å². The highest BCUT2D eigenvalue weighted by molar-refractivity contribution is 7.18. The maximum absolute atomic E-state index is 13.5. The highest BCUT2D eigenvalue weighted by Crippen LogP contribution is 2.30. The molecule has 0 saturated heterocycles. The van der Waals surface area contributed by atoms with Crippen LogP contribution >= 0.6 is 11.3 Å². The van der Waals surface area contributed by atoms with Crippen molar-refractivity contribution >= 4 is 27.9 Å². The third-order valence-electron chi connectivity index (χ3n) is 5.51. The van der Waals surface area contributed by atoms with E-state index in [1.807, 2.05) is 89.2 Å². The van der Waals surface area contributed by atoms with E-state index >= 15 is 0 Å². The molecular weight excluding hydrogens is 444 g/mol. The zero-order valence-corrected chi connectivity index (χ0v) is 19.6. The lowest BCUT2D eigenvalue weighted by atomic mass is 10.2. The maximum Gasteiger partial charge on any atom is 0.275 e. The van der Waals surface area contributed by atoms with Crippen molar-refractivity contribution < 1.29 is 4.79 Å². The van der Waals surface area contributed by atoms with E-state index in [0.29, 0.717) is 31.2 Å². The summed E-state index contributed by atoms with van der Waals surface area (Å²) < 4.78 is 1.96. The van der Waals surface area contributed by atoms with Crippen LogP contribution in [-0.2, 0) is 13.1 Å². The molecule has 8 heteroatoms. The summed E-state index contributed by atoms with van der Waals surface area (Å²) in [4.78, 5) is 29.9. The quantitative estimate of drug-likeness (QED) is 0.342. The fourth-order valence-corrected chi connectivity index (χ4v) is 4.58. The van der Waals surface area contributed by atoms with Crippen LogP contribution in [0.25, 0.3) is 16.2 Å². The van der Waals surface area contributed by atoms with Gasteiger partial charge in [-0.05, 0) is 36.8 Å². The Labute approximate surface area is 201 Å². The number of thiazole rings is 1. The fraction of sp³-hybridized carbons (Fsp3) is 0.154. The van der Waals surface area contributed by atoms with Crippen LogP contribution in [0.3, 0.4) is 0 Å². The number of hydrogen-bond acceptors (Lipinski definition) is 6. The van der Waals surface area contributed by atoms with Gasteiger partial charge in [0, 0.05) is 25.5 Å². The number of hydrogen-bond donors (Lipinski definition) is 1. The van der Waals surface area contributed by atoms with Gasteiger partial charge in [0.1, 0.15) is 0 Å². The Morgan fingerprint density at radius 1 is 1.03 bits per heavy atom. The van der Waals surface area contributed by atoms with E-state index in [1.54, 1.807) is 12.4 Å². The van der Waals surface area contributed by atoms with Crippen LogP contribution in [0.15, 0.2) is 85.3 Å². The first-order valence-corrected chi connectivity index (χ1v) is 11.9. The highest BCUT2D eigenvalue weighted by Gasteiger charge is 2.23. The Morgan fingerprint density at radius 3 is 2.65 bits per heavy atom. The van der Waals surface area contributed by atoms with E-state index in [9.17, 15) is 4.79 Å². The molecule has 34 heavy (non-hydrogen) atoms. The number of carbonyl (C=O) groups is 1. The molecule has 5 rings (SSSR count). The van der Waals surface area contributed by atoms with E-state index < -0.39 is 0 Å². The van der Waals surface area contributed by atoms with Crippen LogP contribution in [0.5, 0.6) is 0 Å². The number of imidazole rings is 1. The van der Waals surface area contributed by atoms with E-state index in [0.717, 1.165) is 26.8 Å². The number of amides is 1. The van der Waals surface area contributed by atoms with E-state index in [2.05, 4.69) is 15.3 Å². The summed E-state index contributed by atoms with van der Waals surface area (Å²) in [5.74, 6) is 0.623. The summed E-state index contributed by atoms with van der Waals surface area (Å²) in [5, 5.41) is 4.09. The predicted molar refractivity (Wildman–Crippen MR) is 135 cm³/mol. The van der Waals surface area contributed by atoms with Crippen LogP contribution < -0.4 is 5.32 Å². The molecule has 0 bridgehead atoms. The average molecular weight is 469 g/mol. The van der Waals surface area contributed by atoms with Gasteiger partial charge in [0.2, 0.25) is 0 Å². The van der Waals surface area contributed by atoms with Gasteiger partial charge < -0.3 is 10.2 Å². The summed E-state index contributed by atoms with van der Waals surface area (Å²) >= 11 is 1.50. The molecule has 0 atom stereocenters. The van der Waals surface area contributed by atoms with Gasteiger partial charge in [-0.3, -0.25) is 14.2 Å². The Hall–Kier alpha value is -4.04. The topological polar surface area (TPSA) is 75.4 Å². The minimum atomic E-state index is -0.0840. The van der Waals surface area contributed by atoms with Crippen LogP contribution in [0.4, 0.5) is 5.13 Å². The SMILES string of the molecule is CCN(Cc1ccccc1)C(=O)c1nc(-c2cnc(NCc3ccccn3)s2)n2ccccc12. The monoisotopic (exact) mass is 468 g/mol. The molecule has 0 radical (unpaired) electrons. The zero-order chi connectivity index (χ0) is 23.3. The second-order valence-electron chi connectivity index (χ2n) is 7.75. The number of pyridine rings is 2. The number of aromatic nitrogens is 4. The fourth-order valence-electron chi connectivity index (χ4n) is 3.78. The zero-order valence-electron chi connectivity index (χ0n) is 18.8. The molecule has 1 amide bonds. The van der Waals surface area contributed by atoms with Gasteiger partial charge in [0.05, 0.1) is 28.8 Å². The van der Waals surface area contributed by atoms with Crippen LogP contribution in [-0.4, -0.2) is 36.7 Å². The Kier molecular flexibility index (Phi) is 6.31. The first-order valence-electron chi connectivity index (χ1n) is 11.1. The average Bonchev–Trinajstić information content (AvgIpc) is 3.52. The predicted octanol–water partition coefficient (Wildman–Crippen LogP) is 5.13. The molecule has 1 N–H and O–H groups in total. The van der Waals surface area contributed by atoms with Gasteiger partial charge in [-0.25, -0.2) is 9.97 Å². The molecule has 5 aromatic rings. The van der Waals surface area contributed by atoms with Crippen molar-refractivity contribution in [3.63, 3.8) is 0 Å². The van der Waals surface area contributed by atoms with Crippen molar-refractivity contribution in [1.82, 2.24) is 24.3 Å². The van der Waals surface area contributed by atoms with Crippen molar-refractivity contribution in [2.75, 3.05) is 11.9 Å². The molecule has 1 aromatic carbocycles. The first-order chi connectivity index (χ1) is 16.7. The molecule has 0 aliphatic heterocycles. The number of anilines is 1. The standard InChI is InChI=1S/C26H24N6OS/c1-2-31(18-19-10-4-3-5-11-19)25(33)23-21-13-7-9-15-32(21)24(30-23)22-17-29-26(34-22)28-16-20-12-6-8-14-27-20/h3-15,17H,2,16,18H2,1H3,(H,28,29). The molecule has 7 nitrogen and oxygen atoms in total. The molecule has 0 unspecified atom stereocenters. The van der Waals surface area contributed by atoms with Crippen LogP contribution in [0, 0.1) is 0 Å². The van der Waals surface area contributed by atoms with Crippen LogP contribution in [0.2, 0.25) is 0 Å². The lowest BCUT2D eigenvalue weighted by Gasteiger charge is -2.20. The van der Waals surface area contributed by atoms with Crippen molar-refractivity contribution in [2.45, 2.75) is 20.0 Å². The molecular formula is C26H24N6OS. The Morgan fingerprint density at radius 2 is 1.85 bits per heavy atom. The number of fused-ring (bicyclic) bond motifs is 1. The molecule has 0 aliphatic rings. The minimum Gasteiger partial charge on any atom is -0.356 e. The first kappa shape index (κ1) is 21.8. The van der Waals surface area contributed by atoms with Crippen molar-refractivity contribution in [3.05, 3.63) is 102 Å².